The lowest BCUT2D eigenvalue weighted by atomic mass is 10.1. The number of esters is 1. The van der Waals surface area contributed by atoms with E-state index in [0.717, 1.165) is 5.56 Å². The highest BCUT2D eigenvalue weighted by Crippen LogP contribution is 2.08. The van der Waals surface area contributed by atoms with E-state index in [-0.39, 0.29) is 0 Å². The van der Waals surface area contributed by atoms with E-state index in [4.69, 9.17) is 10.00 Å². The number of carbonyl (C=O) groups excluding carboxylic acids is 1. The summed E-state index contributed by atoms with van der Waals surface area (Å²) in [5.41, 5.74) is 1.05. The molecule has 3 nitrogen and oxygen atoms in total. The summed E-state index contributed by atoms with van der Waals surface area (Å²) in [4.78, 5) is 11.3. The van der Waals surface area contributed by atoms with Gasteiger partial charge in [0.25, 0.3) is 0 Å². The lowest BCUT2D eigenvalue weighted by Gasteiger charge is -2.04. The summed E-state index contributed by atoms with van der Waals surface area (Å²) in [6.45, 7) is 2.03. The van der Waals surface area contributed by atoms with Gasteiger partial charge in [0.1, 0.15) is 5.92 Å². The lowest BCUT2D eigenvalue weighted by molar-refractivity contribution is -0.145. The Labute approximate surface area is 101 Å². The van der Waals surface area contributed by atoms with Crippen molar-refractivity contribution < 1.29 is 9.53 Å². The molecule has 0 fully saturated rings. The van der Waals surface area contributed by atoms with Crippen LogP contribution in [0.1, 0.15) is 18.9 Å². The molecule has 0 aliphatic rings. The Morgan fingerprint density at radius 1 is 1.47 bits per heavy atom. The summed E-state index contributed by atoms with van der Waals surface area (Å²) in [7, 11) is 0. The number of rotatable bonds is 5. The van der Waals surface area contributed by atoms with Crippen molar-refractivity contribution in [3.05, 3.63) is 42.0 Å². The standard InChI is InChI=1S/C14H15NO2/c1-2-17-14(16)13(11-15)10-6-9-12-7-4-3-5-8-12/h3-9,13H,2,10H2,1H3/b9-6+. The maximum absolute atomic E-state index is 11.3. The maximum atomic E-state index is 11.3. The smallest absolute Gasteiger partial charge is 0.323 e. The van der Waals surface area contributed by atoms with Gasteiger partial charge in [0.2, 0.25) is 0 Å². The van der Waals surface area contributed by atoms with Gasteiger partial charge in [0.05, 0.1) is 12.7 Å². The molecule has 0 heterocycles. The Bertz CT molecular complexity index is 418. The molecule has 0 aromatic heterocycles. The molecule has 88 valence electrons. The number of nitriles is 1. The van der Waals surface area contributed by atoms with E-state index in [2.05, 4.69) is 0 Å². The minimum absolute atomic E-state index is 0.305. The average Bonchev–Trinajstić information content (AvgIpc) is 2.36. The van der Waals surface area contributed by atoms with Gasteiger partial charge in [-0.25, -0.2) is 0 Å². The number of benzene rings is 1. The SMILES string of the molecule is CCOC(=O)C(C#N)C/C=C/c1ccccc1. The van der Waals surface area contributed by atoms with Crippen LogP contribution in [0.3, 0.4) is 0 Å². The van der Waals surface area contributed by atoms with Crippen LogP contribution in [0.2, 0.25) is 0 Å². The molecule has 3 heteroatoms. The molecule has 0 saturated carbocycles. The monoisotopic (exact) mass is 229 g/mol. The van der Waals surface area contributed by atoms with Crippen molar-refractivity contribution in [3.8, 4) is 6.07 Å². The zero-order chi connectivity index (χ0) is 12.5. The van der Waals surface area contributed by atoms with Crippen LogP contribution in [0.5, 0.6) is 0 Å². The van der Waals surface area contributed by atoms with Gasteiger partial charge in [-0.3, -0.25) is 4.79 Å². The van der Waals surface area contributed by atoms with Crippen LogP contribution in [-0.4, -0.2) is 12.6 Å². The van der Waals surface area contributed by atoms with Gasteiger partial charge < -0.3 is 4.74 Å². The second-order valence-corrected chi connectivity index (χ2v) is 3.48. The third-order valence-corrected chi connectivity index (χ3v) is 2.21. The van der Waals surface area contributed by atoms with Crippen LogP contribution >= 0.6 is 0 Å². The van der Waals surface area contributed by atoms with Gasteiger partial charge in [0.15, 0.2) is 0 Å². The maximum Gasteiger partial charge on any atom is 0.323 e. The van der Waals surface area contributed by atoms with Gasteiger partial charge in [-0.05, 0) is 18.9 Å². The van der Waals surface area contributed by atoms with E-state index in [9.17, 15) is 4.79 Å². The number of ether oxygens (including phenoxy) is 1. The van der Waals surface area contributed by atoms with E-state index in [1.165, 1.54) is 0 Å². The normalized spacial score (nSPS) is 12.0. The molecule has 1 aromatic rings. The number of allylic oxidation sites excluding steroid dienone is 1. The predicted octanol–water partition coefficient (Wildman–Crippen LogP) is 2.79. The van der Waals surface area contributed by atoms with Crippen molar-refractivity contribution in [2.24, 2.45) is 5.92 Å². The van der Waals surface area contributed by atoms with Crippen molar-refractivity contribution >= 4 is 12.0 Å². The Morgan fingerprint density at radius 3 is 2.76 bits per heavy atom. The lowest BCUT2D eigenvalue weighted by Crippen LogP contribution is -2.15. The predicted molar refractivity (Wildman–Crippen MR) is 65.8 cm³/mol. The summed E-state index contributed by atoms with van der Waals surface area (Å²) in [5.74, 6) is -1.16. The third-order valence-electron chi connectivity index (χ3n) is 2.21. The van der Waals surface area contributed by atoms with Crippen molar-refractivity contribution in [1.82, 2.24) is 0 Å². The van der Waals surface area contributed by atoms with Crippen LogP contribution in [0.15, 0.2) is 36.4 Å². The van der Waals surface area contributed by atoms with Crippen LogP contribution in [-0.2, 0) is 9.53 Å². The highest BCUT2D eigenvalue weighted by Gasteiger charge is 2.16. The molecule has 0 aliphatic heterocycles. The number of hydrogen-bond acceptors (Lipinski definition) is 3. The minimum atomic E-state index is -0.713. The zero-order valence-electron chi connectivity index (χ0n) is 9.80. The van der Waals surface area contributed by atoms with E-state index in [0.29, 0.717) is 13.0 Å². The fourth-order valence-corrected chi connectivity index (χ4v) is 1.35. The summed E-state index contributed by atoms with van der Waals surface area (Å²) in [6, 6.07) is 11.7. The van der Waals surface area contributed by atoms with E-state index >= 15 is 0 Å². The molecule has 1 atom stereocenters. The first-order chi connectivity index (χ1) is 8.27. The highest BCUT2D eigenvalue weighted by molar-refractivity contribution is 5.75. The van der Waals surface area contributed by atoms with E-state index in [1.54, 1.807) is 6.92 Å². The fraction of sp³-hybridized carbons (Fsp3) is 0.286. The number of nitrogens with zero attached hydrogens (tertiary/aromatic N) is 1. The van der Waals surface area contributed by atoms with Crippen molar-refractivity contribution in [2.45, 2.75) is 13.3 Å². The molecule has 0 amide bonds. The molecular formula is C14H15NO2. The molecule has 1 aromatic carbocycles. The molecule has 0 spiro atoms. The third kappa shape index (κ3) is 4.52. The van der Waals surface area contributed by atoms with Gasteiger partial charge in [0, 0.05) is 0 Å². The van der Waals surface area contributed by atoms with Crippen LogP contribution in [0, 0.1) is 17.2 Å². The topological polar surface area (TPSA) is 50.1 Å². The summed E-state index contributed by atoms with van der Waals surface area (Å²) in [6.07, 6.45) is 4.09. The highest BCUT2D eigenvalue weighted by atomic mass is 16.5. The molecule has 0 saturated heterocycles. The summed E-state index contributed by atoms with van der Waals surface area (Å²) < 4.78 is 4.80. The fourth-order valence-electron chi connectivity index (χ4n) is 1.35. The number of carbonyl (C=O) groups is 1. The van der Waals surface area contributed by atoms with Crippen LogP contribution in [0.25, 0.3) is 6.08 Å². The second kappa shape index (κ2) is 7.24. The molecular weight excluding hydrogens is 214 g/mol. The molecule has 0 bridgehead atoms. The van der Waals surface area contributed by atoms with Gasteiger partial charge in [-0.15, -0.1) is 0 Å². The van der Waals surface area contributed by atoms with E-state index < -0.39 is 11.9 Å². The van der Waals surface area contributed by atoms with Crippen molar-refractivity contribution in [3.63, 3.8) is 0 Å². The van der Waals surface area contributed by atoms with Gasteiger partial charge in [-0.1, -0.05) is 42.5 Å². The molecule has 0 radical (unpaired) electrons. The first-order valence-corrected chi connectivity index (χ1v) is 5.55. The second-order valence-electron chi connectivity index (χ2n) is 3.48. The first kappa shape index (κ1) is 13.0. The summed E-state index contributed by atoms with van der Waals surface area (Å²) >= 11 is 0. The summed E-state index contributed by atoms with van der Waals surface area (Å²) in [5, 5.41) is 8.84. The Kier molecular flexibility index (Phi) is 5.53. The molecule has 0 aliphatic carbocycles. The minimum Gasteiger partial charge on any atom is -0.465 e. The Hall–Kier alpha value is -2.08. The largest absolute Gasteiger partial charge is 0.465 e. The molecule has 0 N–H and O–H groups in total. The van der Waals surface area contributed by atoms with Crippen LogP contribution < -0.4 is 0 Å². The van der Waals surface area contributed by atoms with E-state index in [1.807, 2.05) is 48.6 Å². The first-order valence-electron chi connectivity index (χ1n) is 5.55. The van der Waals surface area contributed by atoms with Crippen molar-refractivity contribution in [1.29, 1.82) is 5.26 Å². The molecule has 1 unspecified atom stereocenters. The molecule has 1 rings (SSSR count). The number of hydrogen-bond donors (Lipinski definition) is 0. The molecule has 17 heavy (non-hydrogen) atoms. The zero-order valence-corrected chi connectivity index (χ0v) is 9.80. The van der Waals surface area contributed by atoms with Crippen molar-refractivity contribution in [2.75, 3.05) is 6.61 Å². The van der Waals surface area contributed by atoms with Gasteiger partial charge in [-0.2, -0.15) is 5.26 Å². The van der Waals surface area contributed by atoms with Gasteiger partial charge >= 0.3 is 5.97 Å². The Morgan fingerprint density at radius 2 is 2.18 bits per heavy atom. The average molecular weight is 229 g/mol. The van der Waals surface area contributed by atoms with Crippen LogP contribution in [0.4, 0.5) is 0 Å². The quantitative estimate of drug-likeness (QED) is 0.729. The Balaban J connectivity index is 2.51.